The average molecular weight is 248 g/mol. The van der Waals surface area contributed by atoms with E-state index in [0.29, 0.717) is 11.8 Å². The minimum atomic E-state index is 0.618. The number of hydrogen-bond acceptors (Lipinski definition) is 2. The lowest BCUT2D eigenvalue weighted by Gasteiger charge is -2.13. The molecule has 3 N–H and O–H groups in total. The molecule has 0 bridgehead atoms. The van der Waals surface area contributed by atoms with Crippen LogP contribution in [0.15, 0.2) is 24.3 Å². The van der Waals surface area contributed by atoms with Gasteiger partial charge in [-0.15, -0.1) is 0 Å². The van der Waals surface area contributed by atoms with Crippen molar-refractivity contribution in [1.82, 2.24) is 5.32 Å². The Morgan fingerprint density at radius 3 is 2.33 bits per heavy atom. The summed E-state index contributed by atoms with van der Waals surface area (Å²) in [6, 6.07) is 8.98. The summed E-state index contributed by atoms with van der Waals surface area (Å²) < 4.78 is 0. The van der Waals surface area contributed by atoms with Crippen LogP contribution in [0, 0.1) is 5.92 Å². The van der Waals surface area contributed by atoms with Crippen molar-refractivity contribution in [1.29, 1.82) is 0 Å². The Labute approximate surface area is 112 Å². The van der Waals surface area contributed by atoms with Crippen LogP contribution >= 0.6 is 0 Å². The molecule has 0 amide bonds. The van der Waals surface area contributed by atoms with Crippen molar-refractivity contribution in [3.05, 3.63) is 35.4 Å². The summed E-state index contributed by atoms with van der Waals surface area (Å²) in [5.41, 5.74) is 8.51. The third-order valence-corrected chi connectivity index (χ3v) is 3.58. The van der Waals surface area contributed by atoms with E-state index in [0.717, 1.165) is 32.5 Å². The fraction of sp³-hybridized carbons (Fsp3) is 0.625. The molecule has 1 aromatic rings. The number of nitrogens with two attached hydrogens (primary N) is 1. The highest BCUT2D eigenvalue weighted by molar-refractivity contribution is 5.24. The number of rotatable bonds is 8. The smallest absolute Gasteiger partial charge is 0.000823 e. The molecule has 0 aliphatic rings. The van der Waals surface area contributed by atoms with Gasteiger partial charge in [-0.05, 0) is 49.0 Å². The van der Waals surface area contributed by atoms with Crippen LogP contribution in [0.25, 0.3) is 0 Å². The van der Waals surface area contributed by atoms with Gasteiger partial charge in [-0.1, -0.05) is 51.5 Å². The predicted octanol–water partition coefficient (Wildman–Crippen LogP) is 2.93. The van der Waals surface area contributed by atoms with E-state index in [1.807, 2.05) is 0 Å². The molecule has 0 radical (unpaired) electrons. The maximum absolute atomic E-state index is 5.68. The second kappa shape index (κ2) is 8.28. The number of hydrogen-bond donors (Lipinski definition) is 2. The zero-order valence-electron chi connectivity index (χ0n) is 12.1. The van der Waals surface area contributed by atoms with Gasteiger partial charge in [-0.2, -0.15) is 0 Å². The van der Waals surface area contributed by atoms with Crippen LogP contribution in [0.5, 0.6) is 0 Å². The molecule has 0 saturated carbocycles. The first-order chi connectivity index (χ1) is 8.67. The summed E-state index contributed by atoms with van der Waals surface area (Å²) in [4.78, 5) is 0. The summed E-state index contributed by atoms with van der Waals surface area (Å²) in [6.07, 6.45) is 2.26. The Morgan fingerprint density at radius 1 is 1.17 bits per heavy atom. The van der Waals surface area contributed by atoms with Gasteiger partial charge in [0.15, 0.2) is 0 Å². The van der Waals surface area contributed by atoms with Crippen LogP contribution < -0.4 is 11.1 Å². The number of benzene rings is 1. The van der Waals surface area contributed by atoms with Crippen LogP contribution in [0.4, 0.5) is 0 Å². The Hall–Kier alpha value is -0.860. The zero-order valence-corrected chi connectivity index (χ0v) is 12.1. The highest BCUT2D eigenvalue weighted by Gasteiger charge is 2.02. The van der Waals surface area contributed by atoms with Crippen molar-refractivity contribution in [3.8, 4) is 0 Å². The zero-order chi connectivity index (χ0) is 13.4. The molecule has 2 nitrogen and oxygen atoms in total. The fourth-order valence-electron chi connectivity index (χ4n) is 2.00. The van der Waals surface area contributed by atoms with Gasteiger partial charge in [0.05, 0.1) is 0 Å². The van der Waals surface area contributed by atoms with Crippen molar-refractivity contribution in [3.63, 3.8) is 0 Å². The van der Waals surface area contributed by atoms with Crippen LogP contribution in [-0.4, -0.2) is 19.6 Å². The van der Waals surface area contributed by atoms with Crippen LogP contribution in [0.1, 0.15) is 44.2 Å². The molecular formula is C16H28N2. The maximum Gasteiger partial charge on any atom is -0.000823 e. The molecule has 2 heteroatoms. The van der Waals surface area contributed by atoms with E-state index in [-0.39, 0.29) is 0 Å². The van der Waals surface area contributed by atoms with Gasteiger partial charge < -0.3 is 11.1 Å². The van der Waals surface area contributed by atoms with Crippen molar-refractivity contribution < 1.29 is 0 Å². The lowest BCUT2D eigenvalue weighted by Crippen LogP contribution is -2.29. The van der Waals surface area contributed by atoms with Crippen molar-refractivity contribution >= 4 is 0 Å². The molecule has 1 aromatic carbocycles. The summed E-state index contributed by atoms with van der Waals surface area (Å²) in [5.74, 6) is 1.24. The van der Waals surface area contributed by atoms with E-state index >= 15 is 0 Å². The minimum Gasteiger partial charge on any atom is -0.330 e. The normalized spacial score (nSPS) is 12.9. The number of nitrogens with one attached hydrogen (secondary N) is 1. The second-order valence-corrected chi connectivity index (χ2v) is 5.36. The summed E-state index contributed by atoms with van der Waals surface area (Å²) >= 11 is 0. The summed E-state index contributed by atoms with van der Waals surface area (Å²) in [5, 5.41) is 3.49. The topological polar surface area (TPSA) is 38.0 Å². The Bertz CT molecular complexity index is 312. The standard InChI is InChI=1S/C16H28N2/c1-4-14(11-17)12-18-10-9-15-5-7-16(8-6-15)13(2)3/h5-8,13-14,18H,4,9-12,17H2,1-3H3. The van der Waals surface area contributed by atoms with Gasteiger partial charge >= 0.3 is 0 Å². The Balaban J connectivity index is 2.27. The molecular weight excluding hydrogens is 220 g/mol. The van der Waals surface area contributed by atoms with Crippen LogP contribution in [0.3, 0.4) is 0 Å². The molecule has 1 rings (SSSR count). The van der Waals surface area contributed by atoms with Gasteiger partial charge in [0.2, 0.25) is 0 Å². The van der Waals surface area contributed by atoms with E-state index in [9.17, 15) is 0 Å². The van der Waals surface area contributed by atoms with Gasteiger partial charge in [0.25, 0.3) is 0 Å². The first-order valence-corrected chi connectivity index (χ1v) is 7.17. The third kappa shape index (κ3) is 5.19. The Kier molecular flexibility index (Phi) is 6.99. The van der Waals surface area contributed by atoms with E-state index in [2.05, 4.69) is 50.4 Å². The molecule has 0 aliphatic carbocycles. The average Bonchev–Trinajstić information content (AvgIpc) is 2.39. The van der Waals surface area contributed by atoms with E-state index in [1.54, 1.807) is 0 Å². The molecule has 1 unspecified atom stereocenters. The highest BCUT2D eigenvalue weighted by atomic mass is 14.9. The molecule has 0 aliphatic heterocycles. The van der Waals surface area contributed by atoms with E-state index in [1.165, 1.54) is 11.1 Å². The molecule has 0 spiro atoms. The first kappa shape index (κ1) is 15.2. The molecule has 1 atom stereocenters. The van der Waals surface area contributed by atoms with Gasteiger partial charge in [-0.25, -0.2) is 0 Å². The lowest BCUT2D eigenvalue weighted by atomic mass is 10.0. The molecule has 0 heterocycles. The Morgan fingerprint density at radius 2 is 1.83 bits per heavy atom. The SMILES string of the molecule is CCC(CN)CNCCc1ccc(C(C)C)cc1. The quantitative estimate of drug-likeness (QED) is 0.694. The highest BCUT2D eigenvalue weighted by Crippen LogP contribution is 2.14. The minimum absolute atomic E-state index is 0.618. The second-order valence-electron chi connectivity index (χ2n) is 5.36. The molecule has 102 valence electrons. The van der Waals surface area contributed by atoms with Crippen LogP contribution in [-0.2, 0) is 6.42 Å². The fourth-order valence-corrected chi connectivity index (χ4v) is 2.00. The molecule has 18 heavy (non-hydrogen) atoms. The monoisotopic (exact) mass is 248 g/mol. The van der Waals surface area contributed by atoms with E-state index < -0.39 is 0 Å². The van der Waals surface area contributed by atoms with Crippen molar-refractivity contribution in [2.75, 3.05) is 19.6 Å². The maximum atomic E-state index is 5.68. The predicted molar refractivity (Wildman–Crippen MR) is 79.9 cm³/mol. The van der Waals surface area contributed by atoms with Gasteiger partial charge in [0.1, 0.15) is 0 Å². The summed E-state index contributed by atoms with van der Waals surface area (Å²) in [7, 11) is 0. The third-order valence-electron chi connectivity index (χ3n) is 3.58. The van der Waals surface area contributed by atoms with Gasteiger partial charge in [-0.3, -0.25) is 0 Å². The van der Waals surface area contributed by atoms with Crippen molar-refractivity contribution in [2.24, 2.45) is 11.7 Å². The van der Waals surface area contributed by atoms with Crippen LogP contribution in [0.2, 0.25) is 0 Å². The molecule has 0 saturated heterocycles. The largest absolute Gasteiger partial charge is 0.330 e. The van der Waals surface area contributed by atoms with E-state index in [4.69, 9.17) is 5.73 Å². The lowest BCUT2D eigenvalue weighted by molar-refractivity contribution is 0.474. The first-order valence-electron chi connectivity index (χ1n) is 7.17. The molecule has 0 aromatic heterocycles. The molecule has 0 fully saturated rings. The van der Waals surface area contributed by atoms with Crippen molar-refractivity contribution in [2.45, 2.75) is 39.5 Å². The van der Waals surface area contributed by atoms with Gasteiger partial charge in [0, 0.05) is 0 Å². The summed E-state index contributed by atoms with van der Waals surface area (Å²) in [6.45, 7) is 9.52.